The van der Waals surface area contributed by atoms with Gasteiger partial charge in [-0.25, -0.2) is 0 Å². The fraction of sp³-hybridized carbons (Fsp3) is 0.933. The quantitative estimate of drug-likeness (QED) is 0.845. The Morgan fingerprint density at radius 3 is 2.95 bits per heavy atom. The molecule has 19 heavy (non-hydrogen) atoms. The minimum atomic E-state index is 0.0205. The standard InChI is InChI=1S/C15H28N2O2/c1-3-8-16-14-11-19-10-13(14)15(18)17-9-6-4-5-7-12(17)2/h12-14,16H,3-11H2,1-2H3. The van der Waals surface area contributed by atoms with Gasteiger partial charge in [0.2, 0.25) is 5.91 Å². The maximum atomic E-state index is 12.7. The largest absolute Gasteiger partial charge is 0.379 e. The van der Waals surface area contributed by atoms with Crippen molar-refractivity contribution in [2.24, 2.45) is 5.92 Å². The summed E-state index contributed by atoms with van der Waals surface area (Å²) in [5.74, 6) is 0.326. The number of carbonyl (C=O) groups excluding carboxylic acids is 1. The lowest BCUT2D eigenvalue weighted by molar-refractivity contribution is -0.138. The van der Waals surface area contributed by atoms with Crippen LogP contribution in [0.5, 0.6) is 0 Å². The molecule has 110 valence electrons. The van der Waals surface area contributed by atoms with Gasteiger partial charge in [-0.05, 0) is 32.7 Å². The van der Waals surface area contributed by atoms with Crippen molar-refractivity contribution in [3.8, 4) is 0 Å². The minimum absolute atomic E-state index is 0.0205. The Morgan fingerprint density at radius 1 is 1.32 bits per heavy atom. The Bertz CT molecular complexity index is 296. The molecule has 0 aromatic heterocycles. The fourth-order valence-electron chi connectivity index (χ4n) is 3.14. The van der Waals surface area contributed by atoms with E-state index in [1.54, 1.807) is 0 Å². The summed E-state index contributed by atoms with van der Waals surface area (Å²) in [5, 5.41) is 3.46. The predicted molar refractivity (Wildman–Crippen MR) is 76.0 cm³/mol. The third kappa shape index (κ3) is 3.69. The molecule has 2 aliphatic heterocycles. The minimum Gasteiger partial charge on any atom is -0.379 e. The maximum Gasteiger partial charge on any atom is 0.229 e. The van der Waals surface area contributed by atoms with E-state index in [1.807, 2.05) is 0 Å². The van der Waals surface area contributed by atoms with Crippen molar-refractivity contribution in [1.82, 2.24) is 10.2 Å². The van der Waals surface area contributed by atoms with E-state index in [2.05, 4.69) is 24.1 Å². The van der Waals surface area contributed by atoms with E-state index >= 15 is 0 Å². The van der Waals surface area contributed by atoms with E-state index in [0.29, 0.717) is 25.2 Å². The van der Waals surface area contributed by atoms with Crippen LogP contribution < -0.4 is 5.32 Å². The number of likely N-dealkylation sites (tertiary alicyclic amines) is 1. The Balaban J connectivity index is 1.96. The molecule has 0 spiro atoms. The van der Waals surface area contributed by atoms with E-state index < -0.39 is 0 Å². The van der Waals surface area contributed by atoms with Gasteiger partial charge < -0.3 is 15.0 Å². The average molecular weight is 268 g/mol. The molecule has 4 nitrogen and oxygen atoms in total. The lowest BCUT2D eigenvalue weighted by Crippen LogP contribution is -2.48. The Hall–Kier alpha value is -0.610. The highest BCUT2D eigenvalue weighted by Gasteiger charge is 2.37. The van der Waals surface area contributed by atoms with Gasteiger partial charge in [-0.15, -0.1) is 0 Å². The molecule has 0 aromatic carbocycles. The Kier molecular flexibility index (Phi) is 5.64. The smallest absolute Gasteiger partial charge is 0.229 e. The number of carbonyl (C=O) groups is 1. The van der Waals surface area contributed by atoms with Crippen LogP contribution in [0.1, 0.15) is 46.0 Å². The van der Waals surface area contributed by atoms with Gasteiger partial charge in [-0.1, -0.05) is 19.8 Å². The summed E-state index contributed by atoms with van der Waals surface area (Å²) < 4.78 is 5.54. The number of nitrogens with one attached hydrogen (secondary N) is 1. The topological polar surface area (TPSA) is 41.6 Å². The van der Waals surface area contributed by atoms with Crippen molar-refractivity contribution < 1.29 is 9.53 Å². The summed E-state index contributed by atoms with van der Waals surface area (Å²) in [4.78, 5) is 14.8. The van der Waals surface area contributed by atoms with Gasteiger partial charge in [0.25, 0.3) is 0 Å². The van der Waals surface area contributed by atoms with Gasteiger partial charge >= 0.3 is 0 Å². The van der Waals surface area contributed by atoms with Crippen molar-refractivity contribution in [3.05, 3.63) is 0 Å². The molecule has 2 aliphatic rings. The second kappa shape index (κ2) is 7.25. The third-order valence-corrected chi connectivity index (χ3v) is 4.39. The van der Waals surface area contributed by atoms with Crippen LogP contribution >= 0.6 is 0 Å². The molecule has 0 bridgehead atoms. The van der Waals surface area contributed by atoms with Crippen molar-refractivity contribution in [1.29, 1.82) is 0 Å². The first-order valence-electron chi connectivity index (χ1n) is 7.85. The highest BCUT2D eigenvalue weighted by molar-refractivity contribution is 5.80. The summed E-state index contributed by atoms with van der Waals surface area (Å²) in [6.07, 6.45) is 5.90. The highest BCUT2D eigenvalue weighted by atomic mass is 16.5. The lowest BCUT2D eigenvalue weighted by Gasteiger charge is -2.31. The van der Waals surface area contributed by atoms with Crippen molar-refractivity contribution in [3.63, 3.8) is 0 Å². The predicted octanol–water partition coefficient (Wildman–Crippen LogP) is 1.79. The second-order valence-corrected chi connectivity index (χ2v) is 5.93. The maximum absolute atomic E-state index is 12.7. The monoisotopic (exact) mass is 268 g/mol. The zero-order chi connectivity index (χ0) is 13.7. The average Bonchev–Trinajstić information content (AvgIpc) is 2.77. The molecule has 2 saturated heterocycles. The molecular weight excluding hydrogens is 240 g/mol. The van der Waals surface area contributed by atoms with Crippen LogP contribution in [0.25, 0.3) is 0 Å². The molecule has 2 fully saturated rings. The fourth-order valence-corrected chi connectivity index (χ4v) is 3.14. The molecule has 0 aliphatic carbocycles. The number of ether oxygens (including phenoxy) is 1. The number of amides is 1. The first-order chi connectivity index (χ1) is 9.24. The summed E-state index contributed by atoms with van der Waals surface area (Å²) >= 11 is 0. The van der Waals surface area contributed by atoms with Crippen LogP contribution in [0.3, 0.4) is 0 Å². The molecule has 0 saturated carbocycles. The van der Waals surface area contributed by atoms with E-state index in [9.17, 15) is 4.79 Å². The van der Waals surface area contributed by atoms with E-state index in [4.69, 9.17) is 4.74 Å². The van der Waals surface area contributed by atoms with Gasteiger partial charge in [0.1, 0.15) is 0 Å². The van der Waals surface area contributed by atoms with Crippen molar-refractivity contribution in [2.45, 2.75) is 58.0 Å². The molecule has 3 unspecified atom stereocenters. The molecule has 0 aromatic rings. The first-order valence-corrected chi connectivity index (χ1v) is 7.85. The third-order valence-electron chi connectivity index (χ3n) is 4.39. The number of nitrogens with zero attached hydrogens (tertiary/aromatic N) is 1. The van der Waals surface area contributed by atoms with Crippen LogP contribution in [0, 0.1) is 5.92 Å². The second-order valence-electron chi connectivity index (χ2n) is 5.93. The van der Waals surface area contributed by atoms with E-state index in [1.165, 1.54) is 12.8 Å². The molecule has 4 heteroatoms. The van der Waals surface area contributed by atoms with Crippen LogP contribution in [-0.2, 0) is 9.53 Å². The molecule has 3 atom stereocenters. The summed E-state index contributed by atoms with van der Waals surface area (Å²) in [6.45, 7) is 7.50. The number of rotatable bonds is 4. The van der Waals surface area contributed by atoms with E-state index in [0.717, 1.165) is 32.4 Å². The van der Waals surface area contributed by atoms with Crippen LogP contribution in [-0.4, -0.2) is 49.2 Å². The molecule has 1 amide bonds. The Labute approximate surface area is 116 Å². The lowest BCUT2D eigenvalue weighted by atomic mass is 10.0. The molecular formula is C15H28N2O2. The van der Waals surface area contributed by atoms with Gasteiger partial charge in [-0.2, -0.15) is 0 Å². The zero-order valence-corrected chi connectivity index (χ0v) is 12.4. The van der Waals surface area contributed by atoms with Gasteiger partial charge in [0, 0.05) is 18.6 Å². The normalized spacial score (nSPS) is 32.3. The van der Waals surface area contributed by atoms with Crippen LogP contribution in [0.2, 0.25) is 0 Å². The van der Waals surface area contributed by atoms with E-state index in [-0.39, 0.29) is 12.0 Å². The molecule has 2 rings (SSSR count). The summed E-state index contributed by atoms with van der Waals surface area (Å²) in [5.41, 5.74) is 0. The SMILES string of the molecule is CCCNC1COCC1C(=O)N1CCCCCC1C. The molecule has 0 radical (unpaired) electrons. The molecule has 2 heterocycles. The molecule has 1 N–H and O–H groups in total. The number of hydrogen-bond donors (Lipinski definition) is 1. The van der Waals surface area contributed by atoms with Gasteiger partial charge in [-0.3, -0.25) is 4.79 Å². The van der Waals surface area contributed by atoms with Crippen LogP contribution in [0.15, 0.2) is 0 Å². The number of hydrogen-bond acceptors (Lipinski definition) is 3. The van der Waals surface area contributed by atoms with Crippen molar-refractivity contribution in [2.75, 3.05) is 26.3 Å². The summed E-state index contributed by atoms with van der Waals surface area (Å²) in [7, 11) is 0. The van der Waals surface area contributed by atoms with Crippen molar-refractivity contribution >= 4 is 5.91 Å². The Morgan fingerprint density at radius 2 is 2.16 bits per heavy atom. The van der Waals surface area contributed by atoms with Crippen LogP contribution in [0.4, 0.5) is 0 Å². The summed E-state index contributed by atoms with van der Waals surface area (Å²) in [6, 6.07) is 0.602. The van der Waals surface area contributed by atoms with Gasteiger partial charge in [0.05, 0.1) is 19.1 Å². The first kappa shape index (κ1) is 14.8. The van der Waals surface area contributed by atoms with Gasteiger partial charge in [0.15, 0.2) is 0 Å². The zero-order valence-electron chi connectivity index (χ0n) is 12.4. The highest BCUT2D eigenvalue weighted by Crippen LogP contribution is 2.22.